The summed E-state index contributed by atoms with van der Waals surface area (Å²) in [5.41, 5.74) is 2.03. The molecule has 0 aliphatic carbocycles. The van der Waals surface area contributed by atoms with Gasteiger partial charge in [0.05, 0.1) is 17.8 Å². The van der Waals surface area contributed by atoms with Crippen LogP contribution in [-0.2, 0) is 11.3 Å². The van der Waals surface area contributed by atoms with Gasteiger partial charge in [-0.05, 0) is 19.1 Å². The minimum absolute atomic E-state index is 0.234. The third-order valence-corrected chi connectivity index (χ3v) is 3.38. The molecule has 6 nitrogen and oxygen atoms in total. The van der Waals surface area contributed by atoms with E-state index in [1.807, 2.05) is 71.5 Å². The number of aliphatic hydroxyl groups excluding tert-OH is 1. The fourth-order valence-corrected chi connectivity index (χ4v) is 1.93. The Morgan fingerprint density at radius 3 is 2.40 bits per heavy atom. The second-order valence-electron chi connectivity index (χ2n) is 5.23. The summed E-state index contributed by atoms with van der Waals surface area (Å²) in [5, 5.41) is 24.6. The predicted molar refractivity (Wildman–Crippen MR) is 96.5 cm³/mol. The van der Waals surface area contributed by atoms with Crippen LogP contribution in [0.2, 0.25) is 0 Å². The van der Waals surface area contributed by atoms with Gasteiger partial charge in [0.1, 0.15) is 6.10 Å². The number of benzene rings is 1. The number of rotatable bonds is 6. The standard InChI is InChI=1S/C16H19ClN3O.C2H4O2/c1-19(15-5-3-2-4-6-15)18-12-14-7-9-20(10-8-14)13-16(21)11-17;1-2(3)4/h2-10,12,16,21H,11,13H2,1H3;1H3,(H,3,4)/q+1;/p-1. The number of nitrogens with zero attached hydrogens (tertiary/aromatic N) is 3. The molecule has 0 amide bonds. The number of alkyl halides is 1. The van der Waals surface area contributed by atoms with E-state index in [4.69, 9.17) is 21.5 Å². The van der Waals surface area contributed by atoms with Crippen molar-refractivity contribution < 1.29 is 19.6 Å². The molecule has 0 spiro atoms. The maximum atomic E-state index is 9.50. The molecule has 2 aromatic rings. The molecule has 1 atom stereocenters. The van der Waals surface area contributed by atoms with Crippen LogP contribution in [0.15, 0.2) is 60.0 Å². The van der Waals surface area contributed by atoms with Crippen LogP contribution in [-0.4, -0.2) is 36.3 Å². The molecule has 25 heavy (non-hydrogen) atoms. The van der Waals surface area contributed by atoms with Gasteiger partial charge >= 0.3 is 0 Å². The maximum absolute atomic E-state index is 9.50. The largest absolute Gasteiger partial charge is 0.550 e. The van der Waals surface area contributed by atoms with Crippen molar-refractivity contribution in [2.75, 3.05) is 17.9 Å². The number of hydrazone groups is 1. The van der Waals surface area contributed by atoms with Gasteiger partial charge in [-0.15, -0.1) is 11.6 Å². The first-order valence-corrected chi connectivity index (χ1v) is 8.19. The Bertz CT molecular complexity index is 659. The van der Waals surface area contributed by atoms with E-state index in [2.05, 4.69) is 5.10 Å². The van der Waals surface area contributed by atoms with Crippen molar-refractivity contribution in [2.24, 2.45) is 5.10 Å². The Morgan fingerprint density at radius 2 is 1.88 bits per heavy atom. The van der Waals surface area contributed by atoms with Crippen molar-refractivity contribution >= 4 is 29.5 Å². The van der Waals surface area contributed by atoms with E-state index >= 15 is 0 Å². The van der Waals surface area contributed by atoms with Crippen LogP contribution >= 0.6 is 11.6 Å². The van der Waals surface area contributed by atoms with Crippen molar-refractivity contribution in [1.29, 1.82) is 0 Å². The smallest absolute Gasteiger partial charge is 0.175 e. The zero-order valence-electron chi connectivity index (χ0n) is 14.2. The lowest BCUT2D eigenvalue weighted by Gasteiger charge is -2.11. The Hall–Kier alpha value is -2.44. The molecule has 0 saturated heterocycles. The van der Waals surface area contributed by atoms with Gasteiger partial charge in [0.2, 0.25) is 0 Å². The normalized spacial score (nSPS) is 11.5. The van der Waals surface area contributed by atoms with Gasteiger partial charge in [-0.3, -0.25) is 5.01 Å². The zero-order valence-corrected chi connectivity index (χ0v) is 15.0. The number of para-hydroxylation sites is 1. The van der Waals surface area contributed by atoms with Gasteiger partial charge in [0.15, 0.2) is 18.9 Å². The van der Waals surface area contributed by atoms with Crippen molar-refractivity contribution in [3.8, 4) is 0 Å². The van der Waals surface area contributed by atoms with Crippen molar-refractivity contribution in [3.05, 3.63) is 60.4 Å². The maximum Gasteiger partial charge on any atom is 0.175 e. The number of hydrogen-bond donors (Lipinski definition) is 1. The van der Waals surface area contributed by atoms with Crippen LogP contribution in [0.3, 0.4) is 0 Å². The molecule has 0 bridgehead atoms. The molecule has 0 radical (unpaired) electrons. The average molecular weight is 364 g/mol. The number of aromatic nitrogens is 1. The lowest BCUT2D eigenvalue weighted by molar-refractivity contribution is -0.703. The summed E-state index contributed by atoms with van der Waals surface area (Å²) in [5.74, 6) is -0.849. The number of aliphatic carboxylic acids is 1. The molecule has 0 saturated carbocycles. The summed E-state index contributed by atoms with van der Waals surface area (Å²) < 4.78 is 1.89. The fraction of sp³-hybridized carbons (Fsp3) is 0.278. The molecule has 134 valence electrons. The van der Waals surface area contributed by atoms with Gasteiger partial charge in [-0.1, -0.05) is 18.2 Å². The van der Waals surface area contributed by atoms with E-state index in [0.717, 1.165) is 18.2 Å². The highest BCUT2D eigenvalue weighted by atomic mass is 35.5. The van der Waals surface area contributed by atoms with Crippen molar-refractivity contribution in [1.82, 2.24) is 0 Å². The van der Waals surface area contributed by atoms with E-state index in [1.165, 1.54) is 0 Å². The fourth-order valence-electron chi connectivity index (χ4n) is 1.83. The Labute approximate surface area is 152 Å². The topological polar surface area (TPSA) is 79.8 Å². The first-order chi connectivity index (χ1) is 11.9. The Kier molecular flexibility index (Phi) is 9.21. The number of carboxylic acid groups (broad SMARTS) is 1. The summed E-state index contributed by atoms with van der Waals surface area (Å²) in [7, 11) is 1.91. The number of carbonyl (C=O) groups excluding carboxylic acids is 1. The number of pyridine rings is 1. The third kappa shape index (κ3) is 8.83. The first-order valence-electron chi connectivity index (χ1n) is 7.66. The number of hydrogen-bond acceptors (Lipinski definition) is 5. The molecule has 0 aliphatic rings. The lowest BCUT2D eigenvalue weighted by Crippen LogP contribution is -2.39. The minimum atomic E-state index is -1.08. The highest BCUT2D eigenvalue weighted by molar-refractivity contribution is 6.18. The van der Waals surface area contributed by atoms with Crippen LogP contribution in [0.25, 0.3) is 0 Å². The van der Waals surface area contributed by atoms with Gasteiger partial charge in [-0.2, -0.15) is 5.10 Å². The molecule has 1 unspecified atom stereocenters. The van der Waals surface area contributed by atoms with Crippen LogP contribution in [0, 0.1) is 0 Å². The molecular weight excluding hydrogens is 342 g/mol. The quantitative estimate of drug-likeness (QED) is 0.356. The van der Waals surface area contributed by atoms with Crippen LogP contribution in [0.5, 0.6) is 0 Å². The lowest BCUT2D eigenvalue weighted by atomic mass is 10.3. The monoisotopic (exact) mass is 363 g/mol. The van der Waals surface area contributed by atoms with Crippen LogP contribution in [0.1, 0.15) is 12.5 Å². The van der Waals surface area contributed by atoms with Gasteiger partial charge < -0.3 is 15.0 Å². The molecule has 1 aromatic heterocycles. The predicted octanol–water partition coefficient (Wildman–Crippen LogP) is 0.800. The molecule has 1 aromatic carbocycles. The number of carbonyl (C=O) groups is 1. The van der Waals surface area contributed by atoms with Gasteiger partial charge in [-0.25, -0.2) is 4.57 Å². The number of halogens is 1. The van der Waals surface area contributed by atoms with E-state index < -0.39 is 12.1 Å². The highest BCUT2D eigenvalue weighted by Crippen LogP contribution is 2.10. The average Bonchev–Trinajstić information content (AvgIpc) is 2.61. The molecule has 0 aliphatic heterocycles. The molecule has 2 rings (SSSR count). The second-order valence-corrected chi connectivity index (χ2v) is 5.54. The SMILES string of the molecule is CC(=O)[O-].CN(/N=C/c1cc[n+](CC(O)CCl)cc1)c1ccccc1. The third-order valence-electron chi connectivity index (χ3n) is 3.03. The Balaban J connectivity index is 0.000000705. The number of aliphatic hydroxyl groups is 1. The van der Waals surface area contributed by atoms with Crippen LogP contribution in [0.4, 0.5) is 5.69 Å². The minimum Gasteiger partial charge on any atom is -0.550 e. The summed E-state index contributed by atoms with van der Waals surface area (Å²) in [6.07, 6.45) is 5.08. The van der Waals surface area contributed by atoms with E-state index in [0.29, 0.717) is 6.54 Å². The van der Waals surface area contributed by atoms with Gasteiger partial charge in [0.25, 0.3) is 0 Å². The summed E-state index contributed by atoms with van der Waals surface area (Å²) >= 11 is 5.59. The molecule has 1 heterocycles. The molecule has 0 fully saturated rings. The molecule has 1 N–H and O–H groups in total. The Morgan fingerprint density at radius 1 is 1.32 bits per heavy atom. The summed E-state index contributed by atoms with van der Waals surface area (Å²) in [6, 6.07) is 13.8. The molecule has 7 heteroatoms. The molecular formula is C18H22ClN3O3. The second kappa shape index (κ2) is 11.2. The van der Waals surface area contributed by atoms with E-state index in [-0.39, 0.29) is 5.88 Å². The zero-order chi connectivity index (χ0) is 18.7. The first kappa shape index (κ1) is 20.6. The van der Waals surface area contributed by atoms with E-state index in [9.17, 15) is 5.11 Å². The number of anilines is 1. The van der Waals surface area contributed by atoms with Crippen molar-refractivity contribution in [3.63, 3.8) is 0 Å². The van der Waals surface area contributed by atoms with Crippen molar-refractivity contribution in [2.45, 2.75) is 19.6 Å². The van der Waals surface area contributed by atoms with Crippen LogP contribution < -0.4 is 14.7 Å². The van der Waals surface area contributed by atoms with E-state index in [1.54, 1.807) is 6.21 Å². The summed E-state index contributed by atoms with van der Waals surface area (Å²) in [4.78, 5) is 8.89. The van der Waals surface area contributed by atoms with Gasteiger partial charge in [0, 0.05) is 30.7 Å². The highest BCUT2D eigenvalue weighted by Gasteiger charge is 2.08. The summed E-state index contributed by atoms with van der Waals surface area (Å²) in [6.45, 7) is 1.46. The number of carboxylic acids is 1.